The number of fused-ring (bicyclic) bond motifs is 1. The molecule has 1 N–H and O–H groups in total. The average Bonchev–Trinajstić information content (AvgIpc) is 2.97. The van der Waals surface area contributed by atoms with E-state index in [2.05, 4.69) is 30.3 Å². The molecule has 4 nitrogen and oxygen atoms in total. The van der Waals surface area contributed by atoms with E-state index < -0.39 is 7.92 Å². The van der Waals surface area contributed by atoms with Gasteiger partial charge in [0.1, 0.15) is 17.2 Å². The number of aliphatic hydroxyl groups is 1. The molecule has 0 aromatic heterocycles. The van der Waals surface area contributed by atoms with Crippen LogP contribution in [0.3, 0.4) is 0 Å². The number of benzene rings is 3. The smallest absolute Gasteiger partial charge is 0.138 e. The van der Waals surface area contributed by atoms with Gasteiger partial charge in [0.2, 0.25) is 0 Å². The zero-order valence-corrected chi connectivity index (χ0v) is 23.5. The molecule has 2 fully saturated rings. The lowest BCUT2D eigenvalue weighted by Crippen LogP contribution is -2.28. The van der Waals surface area contributed by atoms with E-state index in [0.717, 1.165) is 56.0 Å². The highest BCUT2D eigenvalue weighted by molar-refractivity contribution is 7.67. The van der Waals surface area contributed by atoms with E-state index >= 15 is 0 Å². The SMILES string of the molecule is COc1ccc2c(-c3ccc(OC)c(P(C4CCCCC4)C4CCCCC4)c3OC)c(CO)ccc2c1. The van der Waals surface area contributed by atoms with Gasteiger partial charge in [-0.3, -0.25) is 0 Å². The van der Waals surface area contributed by atoms with Crippen molar-refractivity contribution in [1.82, 2.24) is 0 Å². The number of hydrogen-bond donors (Lipinski definition) is 1. The number of methoxy groups -OCH3 is 3. The third-order valence-electron chi connectivity index (χ3n) is 8.47. The molecule has 0 heterocycles. The molecule has 0 spiro atoms. The molecular weight excluding hydrogens is 479 g/mol. The second-order valence-corrected chi connectivity index (χ2v) is 13.3. The first-order valence-electron chi connectivity index (χ1n) is 13.9. The standard InChI is InChI=1S/C32H41O4P/c1-34-24-16-17-27-22(20-24)14-15-23(21-33)30(27)28-18-19-29(35-2)32(31(28)36-3)37(25-10-6-4-7-11-25)26-12-8-5-9-13-26/h14-20,25-26,33H,4-13,21H2,1-3H3. The zero-order valence-electron chi connectivity index (χ0n) is 22.6. The highest BCUT2D eigenvalue weighted by Crippen LogP contribution is 2.59. The quantitative estimate of drug-likeness (QED) is 0.308. The molecule has 2 saturated carbocycles. The molecule has 5 heteroatoms. The molecule has 3 aromatic carbocycles. The Labute approximate surface area is 223 Å². The minimum atomic E-state index is -0.449. The predicted molar refractivity (Wildman–Crippen MR) is 155 cm³/mol. The fourth-order valence-electron chi connectivity index (χ4n) is 6.68. The van der Waals surface area contributed by atoms with E-state index in [1.165, 1.54) is 69.5 Å². The van der Waals surface area contributed by atoms with Crippen LogP contribution in [-0.4, -0.2) is 37.8 Å². The van der Waals surface area contributed by atoms with Gasteiger partial charge in [0.15, 0.2) is 0 Å². The predicted octanol–water partition coefficient (Wildman–Crippen LogP) is 7.80. The van der Waals surface area contributed by atoms with Crippen LogP contribution in [0.25, 0.3) is 21.9 Å². The van der Waals surface area contributed by atoms with Crippen LogP contribution in [0.1, 0.15) is 69.8 Å². The first-order chi connectivity index (χ1) is 18.2. The van der Waals surface area contributed by atoms with Crippen molar-refractivity contribution >= 4 is 24.0 Å². The van der Waals surface area contributed by atoms with Crippen molar-refractivity contribution in [2.24, 2.45) is 0 Å². The van der Waals surface area contributed by atoms with Gasteiger partial charge in [-0.15, -0.1) is 0 Å². The Bertz CT molecular complexity index is 1190. The molecule has 0 atom stereocenters. The van der Waals surface area contributed by atoms with Crippen LogP contribution in [0.15, 0.2) is 42.5 Å². The van der Waals surface area contributed by atoms with Crippen LogP contribution < -0.4 is 19.5 Å². The molecule has 0 radical (unpaired) electrons. The third kappa shape index (κ3) is 5.20. The highest BCUT2D eigenvalue weighted by Gasteiger charge is 2.37. The number of hydrogen-bond acceptors (Lipinski definition) is 4. The Morgan fingerprint density at radius 3 is 2.00 bits per heavy atom. The van der Waals surface area contributed by atoms with E-state index in [-0.39, 0.29) is 6.61 Å². The van der Waals surface area contributed by atoms with Crippen molar-refractivity contribution in [2.45, 2.75) is 82.1 Å². The van der Waals surface area contributed by atoms with Crippen molar-refractivity contribution in [3.05, 3.63) is 48.0 Å². The molecule has 0 unspecified atom stereocenters. The largest absolute Gasteiger partial charge is 0.497 e. The van der Waals surface area contributed by atoms with Crippen molar-refractivity contribution in [1.29, 1.82) is 0 Å². The Morgan fingerprint density at radius 2 is 1.43 bits per heavy atom. The van der Waals surface area contributed by atoms with E-state index in [4.69, 9.17) is 14.2 Å². The minimum Gasteiger partial charge on any atom is -0.497 e. The summed E-state index contributed by atoms with van der Waals surface area (Å²) in [6.45, 7) is -0.0260. The summed E-state index contributed by atoms with van der Waals surface area (Å²) in [6, 6.07) is 14.6. The fourth-order valence-corrected chi connectivity index (χ4v) is 10.7. The molecule has 2 aliphatic rings. The lowest BCUT2D eigenvalue weighted by atomic mass is 9.92. The van der Waals surface area contributed by atoms with Crippen molar-refractivity contribution in [3.8, 4) is 28.4 Å². The summed E-state index contributed by atoms with van der Waals surface area (Å²) in [5.74, 6) is 2.74. The van der Waals surface area contributed by atoms with E-state index in [0.29, 0.717) is 0 Å². The lowest BCUT2D eigenvalue weighted by Gasteiger charge is -2.40. The van der Waals surface area contributed by atoms with Gasteiger partial charge in [-0.2, -0.15) is 0 Å². The van der Waals surface area contributed by atoms with Gasteiger partial charge in [0, 0.05) is 5.56 Å². The molecule has 0 bridgehead atoms. The highest BCUT2D eigenvalue weighted by atomic mass is 31.1. The van der Waals surface area contributed by atoms with Crippen LogP contribution in [0, 0.1) is 0 Å². The summed E-state index contributed by atoms with van der Waals surface area (Å²) in [4.78, 5) is 0. The maximum Gasteiger partial charge on any atom is 0.138 e. The topological polar surface area (TPSA) is 47.9 Å². The fraction of sp³-hybridized carbons (Fsp3) is 0.500. The van der Waals surface area contributed by atoms with Gasteiger partial charge >= 0.3 is 0 Å². The first-order valence-corrected chi connectivity index (χ1v) is 15.4. The summed E-state index contributed by atoms with van der Waals surface area (Å²) < 4.78 is 17.9. The molecular formula is C32H41O4P. The van der Waals surface area contributed by atoms with Gasteiger partial charge in [0.05, 0.1) is 33.2 Å². The van der Waals surface area contributed by atoms with Crippen LogP contribution in [-0.2, 0) is 6.61 Å². The van der Waals surface area contributed by atoms with Crippen LogP contribution in [0.5, 0.6) is 17.2 Å². The molecule has 5 rings (SSSR count). The molecule has 198 valence electrons. The van der Waals surface area contributed by atoms with Gasteiger partial charge in [-0.05, 0) is 83.2 Å². The average molecular weight is 521 g/mol. The van der Waals surface area contributed by atoms with Gasteiger partial charge < -0.3 is 19.3 Å². The Morgan fingerprint density at radius 1 is 0.757 bits per heavy atom. The Balaban J connectivity index is 1.75. The molecule has 0 amide bonds. The van der Waals surface area contributed by atoms with E-state index in [1.54, 1.807) is 14.2 Å². The normalized spacial score (nSPS) is 17.3. The van der Waals surface area contributed by atoms with Crippen LogP contribution in [0.2, 0.25) is 0 Å². The number of ether oxygens (including phenoxy) is 3. The summed E-state index contributed by atoms with van der Waals surface area (Å²) in [7, 11) is 4.86. The second-order valence-electron chi connectivity index (χ2n) is 10.5. The van der Waals surface area contributed by atoms with Crippen LogP contribution >= 0.6 is 7.92 Å². The minimum absolute atomic E-state index is 0.0260. The van der Waals surface area contributed by atoms with Crippen molar-refractivity contribution in [3.63, 3.8) is 0 Å². The van der Waals surface area contributed by atoms with Gasteiger partial charge in [0.25, 0.3) is 0 Å². The number of rotatable bonds is 8. The molecule has 0 aliphatic heterocycles. The van der Waals surface area contributed by atoms with Crippen molar-refractivity contribution < 1.29 is 19.3 Å². The summed E-state index contributed by atoms with van der Waals surface area (Å²) in [6.07, 6.45) is 13.3. The van der Waals surface area contributed by atoms with E-state index in [1.807, 2.05) is 19.2 Å². The maximum atomic E-state index is 10.4. The lowest BCUT2D eigenvalue weighted by molar-refractivity contribution is 0.282. The number of aliphatic hydroxyl groups excluding tert-OH is 1. The zero-order chi connectivity index (χ0) is 25.8. The molecule has 0 saturated heterocycles. The summed E-state index contributed by atoms with van der Waals surface area (Å²) in [5, 5.41) is 13.9. The molecule has 2 aliphatic carbocycles. The second kappa shape index (κ2) is 12.0. The van der Waals surface area contributed by atoms with Crippen molar-refractivity contribution in [2.75, 3.05) is 21.3 Å². The maximum absolute atomic E-state index is 10.4. The Hall–Kier alpha value is -2.29. The summed E-state index contributed by atoms with van der Waals surface area (Å²) >= 11 is 0. The molecule has 37 heavy (non-hydrogen) atoms. The molecule has 3 aromatic rings. The van der Waals surface area contributed by atoms with Crippen LogP contribution in [0.4, 0.5) is 0 Å². The van der Waals surface area contributed by atoms with E-state index in [9.17, 15) is 5.11 Å². The Kier molecular flexibility index (Phi) is 8.57. The van der Waals surface area contributed by atoms with Gasteiger partial charge in [-0.25, -0.2) is 0 Å². The van der Waals surface area contributed by atoms with Gasteiger partial charge in [-0.1, -0.05) is 64.6 Å². The third-order valence-corrected chi connectivity index (χ3v) is 12.0. The summed E-state index contributed by atoms with van der Waals surface area (Å²) in [5.41, 5.74) is 4.45. The first kappa shape index (κ1) is 26.3. The monoisotopic (exact) mass is 520 g/mol.